The molecule has 12 heteroatoms. The minimum atomic E-state index is -4.71. The van der Waals surface area contributed by atoms with Crippen molar-refractivity contribution in [2.24, 2.45) is 0 Å². The summed E-state index contributed by atoms with van der Waals surface area (Å²) in [4.78, 5) is 30.7. The number of halogens is 3. The molecule has 3 heterocycles. The lowest BCUT2D eigenvalue weighted by atomic mass is 9.89. The van der Waals surface area contributed by atoms with Gasteiger partial charge < -0.3 is 15.0 Å². The zero-order chi connectivity index (χ0) is 26.9. The van der Waals surface area contributed by atoms with Crippen molar-refractivity contribution in [1.82, 2.24) is 25.3 Å². The summed E-state index contributed by atoms with van der Waals surface area (Å²) >= 11 is 0. The Morgan fingerprint density at radius 3 is 2.37 bits per heavy atom. The molecule has 1 aliphatic rings. The number of anilines is 1. The quantitative estimate of drug-likeness (QED) is 0.393. The summed E-state index contributed by atoms with van der Waals surface area (Å²) in [7, 11) is 1.18. The van der Waals surface area contributed by atoms with Crippen molar-refractivity contribution in [3.8, 4) is 5.88 Å². The van der Waals surface area contributed by atoms with Crippen LogP contribution in [0.15, 0.2) is 54.6 Å². The van der Waals surface area contributed by atoms with Crippen LogP contribution in [0.2, 0.25) is 0 Å². The van der Waals surface area contributed by atoms with E-state index in [0.717, 1.165) is 24.5 Å². The number of alkyl halides is 3. The van der Waals surface area contributed by atoms with E-state index in [9.17, 15) is 22.8 Å². The van der Waals surface area contributed by atoms with Crippen LogP contribution in [0.25, 0.3) is 11.0 Å². The SMILES string of the molecule is COc1cc(C(=O)Nc2ccc(C3CCN(C(=O)c4ccc5n[nH]nc5c4)CC3)cc2)cc(C(F)(F)F)n1. The summed E-state index contributed by atoms with van der Waals surface area (Å²) in [5.41, 5.74) is 1.99. The predicted octanol–water partition coefficient (Wildman–Crippen LogP) is 4.65. The molecule has 9 nitrogen and oxygen atoms in total. The molecule has 0 spiro atoms. The third-order valence-corrected chi connectivity index (χ3v) is 6.55. The van der Waals surface area contributed by atoms with Crippen molar-refractivity contribution in [3.05, 3.63) is 77.0 Å². The van der Waals surface area contributed by atoms with Gasteiger partial charge in [0.1, 0.15) is 16.7 Å². The number of carbonyl (C=O) groups is 2. The fourth-order valence-electron chi connectivity index (χ4n) is 4.50. The Balaban J connectivity index is 1.20. The number of benzene rings is 2. The normalized spacial score (nSPS) is 14.5. The highest BCUT2D eigenvalue weighted by atomic mass is 19.4. The first kappa shape index (κ1) is 25.2. The highest BCUT2D eigenvalue weighted by molar-refractivity contribution is 6.04. The molecule has 38 heavy (non-hydrogen) atoms. The topological polar surface area (TPSA) is 113 Å². The number of hydrogen-bond donors (Lipinski definition) is 2. The van der Waals surface area contributed by atoms with E-state index in [1.165, 1.54) is 7.11 Å². The van der Waals surface area contributed by atoms with E-state index in [-0.39, 0.29) is 23.3 Å². The number of amides is 2. The molecule has 2 aromatic heterocycles. The van der Waals surface area contributed by atoms with Crippen LogP contribution in [-0.4, -0.2) is 57.3 Å². The fraction of sp³-hybridized carbons (Fsp3) is 0.269. The van der Waals surface area contributed by atoms with Gasteiger partial charge in [-0.1, -0.05) is 12.1 Å². The van der Waals surface area contributed by atoms with E-state index in [1.54, 1.807) is 30.3 Å². The Bertz CT molecular complexity index is 1480. The molecule has 1 saturated heterocycles. The van der Waals surface area contributed by atoms with E-state index in [0.29, 0.717) is 41.4 Å². The molecular formula is C26H23F3N6O3. The van der Waals surface area contributed by atoms with Crippen molar-refractivity contribution < 1.29 is 27.5 Å². The predicted molar refractivity (Wildman–Crippen MR) is 132 cm³/mol. The molecule has 0 aliphatic carbocycles. The molecule has 5 rings (SSSR count). The van der Waals surface area contributed by atoms with Gasteiger partial charge >= 0.3 is 6.18 Å². The van der Waals surface area contributed by atoms with E-state index < -0.39 is 17.8 Å². The average Bonchev–Trinajstić information content (AvgIpc) is 3.40. The van der Waals surface area contributed by atoms with Crippen LogP contribution >= 0.6 is 0 Å². The number of rotatable bonds is 5. The van der Waals surface area contributed by atoms with Gasteiger partial charge in [-0.15, -0.1) is 0 Å². The van der Waals surface area contributed by atoms with Crippen molar-refractivity contribution >= 4 is 28.5 Å². The molecule has 0 unspecified atom stereocenters. The van der Waals surface area contributed by atoms with Gasteiger partial charge in [-0.2, -0.15) is 28.6 Å². The van der Waals surface area contributed by atoms with Gasteiger partial charge in [0.05, 0.1) is 7.11 Å². The Labute approximate surface area is 215 Å². The average molecular weight is 525 g/mol. The summed E-state index contributed by atoms with van der Waals surface area (Å²) in [6.07, 6.45) is -3.16. The number of aromatic amines is 1. The van der Waals surface area contributed by atoms with Gasteiger partial charge in [0.25, 0.3) is 11.8 Å². The van der Waals surface area contributed by atoms with E-state index in [1.807, 2.05) is 17.0 Å². The molecule has 2 N–H and O–H groups in total. The number of methoxy groups -OCH3 is 1. The molecule has 4 aromatic rings. The number of fused-ring (bicyclic) bond motifs is 1. The maximum absolute atomic E-state index is 13.1. The first-order valence-corrected chi connectivity index (χ1v) is 11.9. The van der Waals surface area contributed by atoms with Gasteiger partial charge in [-0.25, -0.2) is 4.98 Å². The smallest absolute Gasteiger partial charge is 0.433 e. The molecule has 0 radical (unpaired) electrons. The highest BCUT2D eigenvalue weighted by Gasteiger charge is 2.34. The zero-order valence-corrected chi connectivity index (χ0v) is 20.2. The number of nitrogens with zero attached hydrogens (tertiary/aromatic N) is 4. The number of ether oxygens (including phenoxy) is 1. The number of nitrogens with one attached hydrogen (secondary N) is 2. The lowest BCUT2D eigenvalue weighted by molar-refractivity contribution is -0.141. The van der Waals surface area contributed by atoms with Crippen LogP contribution < -0.4 is 10.1 Å². The number of piperidine rings is 1. The molecule has 2 aromatic carbocycles. The van der Waals surface area contributed by atoms with Gasteiger partial charge in [-0.05, 0) is 60.7 Å². The van der Waals surface area contributed by atoms with E-state index >= 15 is 0 Å². The number of likely N-dealkylation sites (tertiary alicyclic amines) is 1. The number of pyridine rings is 1. The lowest BCUT2D eigenvalue weighted by Gasteiger charge is -2.32. The van der Waals surface area contributed by atoms with Crippen LogP contribution in [0.3, 0.4) is 0 Å². The molecule has 1 aliphatic heterocycles. The number of H-pyrrole nitrogens is 1. The largest absolute Gasteiger partial charge is 0.481 e. The van der Waals surface area contributed by atoms with Gasteiger partial charge in [0, 0.05) is 36.0 Å². The van der Waals surface area contributed by atoms with Gasteiger partial charge in [-0.3, -0.25) is 9.59 Å². The maximum Gasteiger partial charge on any atom is 0.433 e. The Kier molecular flexibility index (Phi) is 6.70. The molecule has 196 valence electrons. The first-order valence-electron chi connectivity index (χ1n) is 11.9. The van der Waals surface area contributed by atoms with Crippen LogP contribution in [0, 0.1) is 0 Å². The molecule has 2 amide bonds. The molecule has 0 saturated carbocycles. The summed E-state index contributed by atoms with van der Waals surface area (Å²) in [5, 5.41) is 13.2. The maximum atomic E-state index is 13.1. The van der Waals surface area contributed by atoms with E-state index in [2.05, 4.69) is 25.7 Å². The number of carbonyl (C=O) groups excluding carboxylic acids is 2. The molecule has 0 bridgehead atoms. The third-order valence-electron chi connectivity index (χ3n) is 6.55. The summed E-state index contributed by atoms with van der Waals surface area (Å²) in [5.74, 6) is -0.822. The fourth-order valence-corrected chi connectivity index (χ4v) is 4.50. The minimum Gasteiger partial charge on any atom is -0.481 e. The number of hydrogen-bond acceptors (Lipinski definition) is 6. The summed E-state index contributed by atoms with van der Waals surface area (Å²) < 4.78 is 44.2. The van der Waals surface area contributed by atoms with Crippen molar-refractivity contribution in [3.63, 3.8) is 0 Å². The van der Waals surface area contributed by atoms with Crippen molar-refractivity contribution in [2.45, 2.75) is 24.9 Å². The molecule has 1 fully saturated rings. The second-order valence-electron chi connectivity index (χ2n) is 8.95. The third kappa shape index (κ3) is 5.29. The summed E-state index contributed by atoms with van der Waals surface area (Å²) in [6, 6.07) is 14.3. The Hall–Kier alpha value is -4.48. The minimum absolute atomic E-state index is 0.0483. The van der Waals surface area contributed by atoms with Crippen LogP contribution in [0.4, 0.5) is 18.9 Å². The van der Waals surface area contributed by atoms with Crippen molar-refractivity contribution in [1.29, 1.82) is 0 Å². The van der Waals surface area contributed by atoms with Crippen LogP contribution in [-0.2, 0) is 6.18 Å². The van der Waals surface area contributed by atoms with Crippen LogP contribution in [0.5, 0.6) is 5.88 Å². The number of aromatic nitrogens is 4. The van der Waals surface area contributed by atoms with Crippen LogP contribution in [0.1, 0.15) is 50.7 Å². The zero-order valence-electron chi connectivity index (χ0n) is 20.2. The van der Waals surface area contributed by atoms with Gasteiger partial charge in [0.2, 0.25) is 5.88 Å². The van der Waals surface area contributed by atoms with E-state index in [4.69, 9.17) is 4.74 Å². The Morgan fingerprint density at radius 1 is 0.974 bits per heavy atom. The molecular weight excluding hydrogens is 501 g/mol. The standard InChI is InChI=1S/C26H23F3N6O3/c1-38-23-14-18(13-22(31-23)26(27,28)29)24(36)30-19-5-2-15(3-6-19)16-8-10-35(11-9-16)25(37)17-4-7-20-21(12-17)33-34-32-20/h2-7,12-14,16H,8-11H2,1H3,(H,30,36)(H,32,33,34). The lowest BCUT2D eigenvalue weighted by Crippen LogP contribution is -2.37. The second-order valence-corrected chi connectivity index (χ2v) is 8.95. The summed E-state index contributed by atoms with van der Waals surface area (Å²) in [6.45, 7) is 1.20. The Morgan fingerprint density at radius 2 is 1.68 bits per heavy atom. The van der Waals surface area contributed by atoms with Gasteiger partial charge in [0.15, 0.2) is 0 Å². The second kappa shape index (κ2) is 10.1. The highest BCUT2D eigenvalue weighted by Crippen LogP contribution is 2.31. The first-order chi connectivity index (χ1) is 18.2. The van der Waals surface area contributed by atoms with Crippen molar-refractivity contribution in [2.75, 3.05) is 25.5 Å². The molecule has 0 atom stereocenters. The monoisotopic (exact) mass is 524 g/mol.